The second kappa shape index (κ2) is 7.82. The Labute approximate surface area is 138 Å². The molecule has 122 valence electrons. The lowest BCUT2D eigenvalue weighted by atomic mass is 10.2. The van der Waals surface area contributed by atoms with Gasteiger partial charge in [-0.05, 0) is 11.6 Å². The summed E-state index contributed by atoms with van der Waals surface area (Å²) in [6.45, 7) is 0.982. The predicted octanol–water partition coefficient (Wildman–Crippen LogP) is 0.768. The minimum atomic E-state index is -0.193. The molecule has 0 atom stereocenters. The van der Waals surface area contributed by atoms with E-state index in [1.54, 1.807) is 28.1 Å². The Morgan fingerprint density at radius 1 is 1.04 bits per heavy atom. The second-order valence-corrected chi connectivity index (χ2v) is 5.18. The van der Waals surface area contributed by atoms with Crippen LogP contribution in [0.1, 0.15) is 5.56 Å². The summed E-state index contributed by atoms with van der Waals surface area (Å²) < 4.78 is 3.34. The van der Waals surface area contributed by atoms with Crippen molar-refractivity contribution in [1.82, 2.24) is 34.8 Å². The fourth-order valence-electron chi connectivity index (χ4n) is 2.24. The van der Waals surface area contributed by atoms with Gasteiger partial charge in [0.25, 0.3) is 0 Å². The van der Waals surface area contributed by atoms with Crippen molar-refractivity contribution in [3.8, 4) is 0 Å². The van der Waals surface area contributed by atoms with E-state index in [4.69, 9.17) is 0 Å². The number of rotatable bonds is 7. The van der Waals surface area contributed by atoms with Gasteiger partial charge in [-0.25, -0.2) is 9.97 Å². The molecule has 8 heteroatoms. The number of hydrogen-bond donors (Lipinski definition) is 1. The van der Waals surface area contributed by atoms with Crippen molar-refractivity contribution in [3.63, 3.8) is 0 Å². The number of carbonyl (C=O) groups excluding carboxylic acids is 1. The molecule has 0 spiro atoms. The zero-order valence-corrected chi connectivity index (χ0v) is 12.9. The maximum atomic E-state index is 12.2. The first-order chi connectivity index (χ1) is 11.8. The van der Waals surface area contributed by atoms with Gasteiger partial charge in [-0.3, -0.25) is 14.2 Å². The summed E-state index contributed by atoms with van der Waals surface area (Å²) in [5, 5.41) is 11.1. The molecule has 1 N–H and O–H groups in total. The van der Waals surface area contributed by atoms with Crippen LogP contribution in [0.3, 0.4) is 0 Å². The molecule has 0 fully saturated rings. The van der Waals surface area contributed by atoms with Crippen LogP contribution in [-0.4, -0.2) is 41.5 Å². The highest BCUT2D eigenvalue weighted by Gasteiger charge is 2.13. The van der Waals surface area contributed by atoms with E-state index < -0.39 is 0 Å². The molecule has 24 heavy (non-hydrogen) atoms. The van der Waals surface area contributed by atoms with Crippen LogP contribution >= 0.6 is 0 Å². The minimum Gasteiger partial charge on any atom is -0.346 e. The van der Waals surface area contributed by atoms with Gasteiger partial charge in [0, 0.05) is 6.08 Å². The Kier molecular flexibility index (Phi) is 5.08. The molecule has 2 heterocycles. The molecule has 3 rings (SSSR count). The molecule has 8 nitrogen and oxygen atoms in total. The molecule has 0 aliphatic heterocycles. The highest BCUT2D eigenvalue weighted by atomic mass is 16.1. The molecule has 1 aromatic carbocycles. The lowest BCUT2D eigenvalue weighted by molar-refractivity contribution is -0.117. The number of nitrogens with one attached hydrogen (secondary N) is 1. The molecule has 0 aliphatic carbocycles. The van der Waals surface area contributed by atoms with E-state index in [9.17, 15) is 4.79 Å². The van der Waals surface area contributed by atoms with Crippen LogP contribution in [0.25, 0.3) is 6.08 Å². The van der Waals surface area contributed by atoms with Gasteiger partial charge >= 0.3 is 0 Å². The normalized spacial score (nSPS) is 11.2. The predicted molar refractivity (Wildman–Crippen MR) is 87.5 cm³/mol. The van der Waals surface area contributed by atoms with E-state index in [0.29, 0.717) is 13.1 Å². The Hall–Kier alpha value is -3.29. The monoisotopic (exact) mass is 323 g/mol. The first kappa shape index (κ1) is 15.6. The van der Waals surface area contributed by atoms with Gasteiger partial charge in [0.2, 0.25) is 5.91 Å². The van der Waals surface area contributed by atoms with E-state index >= 15 is 0 Å². The number of carbonyl (C=O) groups is 1. The fraction of sp³-hybridized carbons (Fsp3) is 0.188. The van der Waals surface area contributed by atoms with Crippen molar-refractivity contribution in [1.29, 1.82) is 0 Å². The molecular formula is C16H17N7O. The van der Waals surface area contributed by atoms with Gasteiger partial charge in [0.15, 0.2) is 0 Å². The zero-order valence-electron chi connectivity index (χ0n) is 12.9. The standard InChI is InChI=1S/C16H17N7O/c24-16(7-6-14-4-2-1-3-5-14)21-15(8-22-12-17-10-19-22)9-23-13-18-11-20-23/h1-7,10-13,15H,8-9H2,(H,21,24). The highest BCUT2D eigenvalue weighted by Crippen LogP contribution is 2.01. The van der Waals surface area contributed by atoms with E-state index in [1.807, 2.05) is 30.3 Å². The molecule has 0 unspecified atom stereocenters. The Morgan fingerprint density at radius 3 is 2.21 bits per heavy atom. The number of aromatic nitrogens is 6. The van der Waals surface area contributed by atoms with E-state index in [1.165, 1.54) is 18.7 Å². The van der Waals surface area contributed by atoms with E-state index in [-0.39, 0.29) is 11.9 Å². The molecule has 1 amide bonds. The molecule has 0 saturated carbocycles. The average Bonchev–Trinajstić information content (AvgIpc) is 3.28. The Bertz CT molecular complexity index is 730. The summed E-state index contributed by atoms with van der Waals surface area (Å²) in [5.74, 6) is -0.177. The largest absolute Gasteiger partial charge is 0.346 e. The summed E-state index contributed by atoms with van der Waals surface area (Å²) in [6.07, 6.45) is 9.44. The zero-order chi connectivity index (χ0) is 16.6. The van der Waals surface area contributed by atoms with Crippen LogP contribution in [-0.2, 0) is 17.9 Å². The second-order valence-electron chi connectivity index (χ2n) is 5.18. The number of amides is 1. The Morgan fingerprint density at radius 2 is 1.67 bits per heavy atom. The molecule has 0 aliphatic rings. The highest BCUT2D eigenvalue weighted by molar-refractivity contribution is 5.91. The molecule has 0 radical (unpaired) electrons. The topological polar surface area (TPSA) is 90.5 Å². The van der Waals surface area contributed by atoms with E-state index in [2.05, 4.69) is 25.5 Å². The van der Waals surface area contributed by atoms with Crippen molar-refractivity contribution < 1.29 is 4.79 Å². The summed E-state index contributed by atoms with van der Waals surface area (Å²) in [5.41, 5.74) is 0.969. The maximum absolute atomic E-state index is 12.2. The number of nitrogens with zero attached hydrogens (tertiary/aromatic N) is 6. The molecule has 3 aromatic rings. The lowest BCUT2D eigenvalue weighted by Gasteiger charge is -2.17. The van der Waals surface area contributed by atoms with Crippen molar-refractivity contribution in [2.75, 3.05) is 0 Å². The fourth-order valence-corrected chi connectivity index (χ4v) is 2.24. The van der Waals surface area contributed by atoms with Crippen molar-refractivity contribution in [2.45, 2.75) is 19.1 Å². The van der Waals surface area contributed by atoms with Gasteiger partial charge in [0.05, 0.1) is 19.1 Å². The third-order valence-electron chi connectivity index (χ3n) is 3.32. The van der Waals surface area contributed by atoms with Crippen LogP contribution < -0.4 is 5.32 Å². The van der Waals surface area contributed by atoms with Gasteiger partial charge < -0.3 is 5.32 Å². The SMILES string of the molecule is O=C(C=Cc1ccccc1)NC(Cn1cncn1)Cn1cncn1. The minimum absolute atomic E-state index is 0.177. The van der Waals surface area contributed by atoms with Crippen molar-refractivity contribution in [3.05, 3.63) is 67.3 Å². The summed E-state index contributed by atoms with van der Waals surface area (Å²) in [4.78, 5) is 20.0. The van der Waals surface area contributed by atoms with Crippen molar-refractivity contribution in [2.24, 2.45) is 0 Å². The smallest absolute Gasteiger partial charge is 0.244 e. The average molecular weight is 323 g/mol. The molecule has 0 saturated heterocycles. The number of hydrogen-bond acceptors (Lipinski definition) is 5. The molecule has 2 aromatic heterocycles. The maximum Gasteiger partial charge on any atom is 0.244 e. The third kappa shape index (κ3) is 4.60. The van der Waals surface area contributed by atoms with Crippen LogP contribution in [0.15, 0.2) is 61.7 Å². The van der Waals surface area contributed by atoms with Crippen LogP contribution in [0.5, 0.6) is 0 Å². The van der Waals surface area contributed by atoms with Crippen LogP contribution in [0.2, 0.25) is 0 Å². The molecular weight excluding hydrogens is 306 g/mol. The molecule has 0 bridgehead atoms. The van der Waals surface area contributed by atoms with Crippen LogP contribution in [0.4, 0.5) is 0 Å². The quantitative estimate of drug-likeness (QED) is 0.649. The third-order valence-corrected chi connectivity index (χ3v) is 3.32. The van der Waals surface area contributed by atoms with Gasteiger partial charge in [-0.1, -0.05) is 30.3 Å². The summed E-state index contributed by atoms with van der Waals surface area (Å²) in [7, 11) is 0. The summed E-state index contributed by atoms with van der Waals surface area (Å²) in [6, 6.07) is 9.47. The first-order valence-corrected chi connectivity index (χ1v) is 7.48. The van der Waals surface area contributed by atoms with Gasteiger partial charge in [-0.15, -0.1) is 0 Å². The van der Waals surface area contributed by atoms with E-state index in [0.717, 1.165) is 5.56 Å². The lowest BCUT2D eigenvalue weighted by Crippen LogP contribution is -2.40. The Balaban J connectivity index is 1.63. The first-order valence-electron chi connectivity index (χ1n) is 7.48. The van der Waals surface area contributed by atoms with Gasteiger partial charge in [0.1, 0.15) is 25.3 Å². The number of benzene rings is 1. The van der Waals surface area contributed by atoms with Crippen LogP contribution in [0, 0.1) is 0 Å². The summed E-state index contributed by atoms with van der Waals surface area (Å²) >= 11 is 0. The van der Waals surface area contributed by atoms with Gasteiger partial charge in [-0.2, -0.15) is 10.2 Å². The van der Waals surface area contributed by atoms with Crippen molar-refractivity contribution >= 4 is 12.0 Å².